The van der Waals surface area contributed by atoms with E-state index >= 15 is 0 Å². The Morgan fingerprint density at radius 3 is 2.67 bits per heavy atom. The van der Waals surface area contributed by atoms with Crippen molar-refractivity contribution >= 4 is 38.8 Å². The summed E-state index contributed by atoms with van der Waals surface area (Å²) >= 11 is 3.39. The molecule has 24 heavy (non-hydrogen) atoms. The van der Waals surface area contributed by atoms with Crippen LogP contribution in [0.15, 0.2) is 35.7 Å². The average Bonchev–Trinajstić information content (AvgIpc) is 3.13. The van der Waals surface area contributed by atoms with E-state index in [0.29, 0.717) is 13.1 Å². The number of nitrogens with zero attached hydrogens (tertiary/aromatic N) is 3. The van der Waals surface area contributed by atoms with Crippen LogP contribution in [-0.2, 0) is 17.9 Å². The summed E-state index contributed by atoms with van der Waals surface area (Å²) in [7, 11) is 3.83. The summed E-state index contributed by atoms with van der Waals surface area (Å²) in [6.45, 7) is 3.90. The van der Waals surface area contributed by atoms with Crippen molar-refractivity contribution in [3.8, 4) is 0 Å². The molecule has 126 valence electrons. The maximum absolute atomic E-state index is 12.5. The van der Waals surface area contributed by atoms with Crippen molar-refractivity contribution in [1.29, 1.82) is 0 Å². The molecule has 0 N–H and O–H groups in total. The topological polar surface area (TPSA) is 36.4 Å². The van der Waals surface area contributed by atoms with Gasteiger partial charge in [-0.3, -0.25) is 9.69 Å². The quantitative estimate of drug-likeness (QED) is 0.672. The second kappa shape index (κ2) is 7.42. The lowest BCUT2D eigenvalue weighted by molar-refractivity contribution is -0.131. The summed E-state index contributed by atoms with van der Waals surface area (Å²) in [6, 6.07) is 10.2. The number of aromatic nitrogens is 1. The average molecular weight is 360 g/mol. The molecule has 0 spiro atoms. The van der Waals surface area contributed by atoms with Crippen molar-refractivity contribution in [2.45, 2.75) is 20.0 Å². The number of carbonyl (C=O) groups is 1. The number of rotatable bonds is 6. The van der Waals surface area contributed by atoms with Crippen molar-refractivity contribution < 1.29 is 4.79 Å². The number of aryl methyl sites for hydroxylation is 1. The van der Waals surface area contributed by atoms with E-state index in [1.807, 2.05) is 32.3 Å². The molecule has 0 saturated carbocycles. The third-order valence-corrected chi connectivity index (χ3v) is 5.95. The van der Waals surface area contributed by atoms with Gasteiger partial charge in [0.2, 0.25) is 5.91 Å². The predicted octanol–water partition coefficient (Wildman–Crippen LogP) is 3.76. The van der Waals surface area contributed by atoms with Gasteiger partial charge < -0.3 is 4.90 Å². The number of carbonyl (C=O) groups excluding carboxylic acids is 1. The maximum atomic E-state index is 12.5. The Morgan fingerprint density at radius 2 is 1.96 bits per heavy atom. The number of hydrogen-bond acceptors (Lipinski definition) is 5. The molecule has 0 aliphatic heterocycles. The summed E-state index contributed by atoms with van der Waals surface area (Å²) < 4.78 is 1.17. The molecule has 0 bridgehead atoms. The first-order valence-corrected chi connectivity index (χ1v) is 9.52. The molecule has 0 fully saturated rings. The van der Waals surface area contributed by atoms with Gasteiger partial charge in [0.15, 0.2) is 0 Å². The van der Waals surface area contributed by atoms with Gasteiger partial charge in [-0.15, -0.1) is 22.7 Å². The molecule has 3 aromatic rings. The molecule has 0 aliphatic rings. The van der Waals surface area contributed by atoms with Gasteiger partial charge >= 0.3 is 0 Å². The van der Waals surface area contributed by atoms with Crippen LogP contribution in [0.5, 0.6) is 0 Å². The van der Waals surface area contributed by atoms with Crippen LogP contribution in [0.3, 0.4) is 0 Å². The van der Waals surface area contributed by atoms with Crippen LogP contribution in [-0.4, -0.2) is 41.3 Å². The Bertz CT molecular complexity index is 807. The molecule has 0 radical (unpaired) electrons. The van der Waals surface area contributed by atoms with Crippen LogP contribution in [0.1, 0.15) is 15.4 Å². The summed E-state index contributed by atoms with van der Waals surface area (Å²) in [6.07, 6.45) is 0. The Labute approximate surface area is 150 Å². The molecule has 6 heteroatoms. The number of hydrogen-bond donors (Lipinski definition) is 0. The van der Waals surface area contributed by atoms with Gasteiger partial charge in [-0.05, 0) is 43.1 Å². The fourth-order valence-corrected chi connectivity index (χ4v) is 4.50. The molecule has 3 rings (SSSR count). The van der Waals surface area contributed by atoms with E-state index in [1.165, 1.54) is 15.1 Å². The maximum Gasteiger partial charge on any atom is 0.236 e. The summed E-state index contributed by atoms with van der Waals surface area (Å²) in [4.78, 5) is 22.2. The van der Waals surface area contributed by atoms with Crippen LogP contribution in [0.2, 0.25) is 0 Å². The van der Waals surface area contributed by atoms with E-state index in [1.54, 1.807) is 27.6 Å². The van der Waals surface area contributed by atoms with Gasteiger partial charge in [-0.1, -0.05) is 12.1 Å². The third kappa shape index (κ3) is 4.01. The lowest BCUT2D eigenvalue weighted by Gasteiger charge is -2.21. The largest absolute Gasteiger partial charge is 0.338 e. The minimum absolute atomic E-state index is 0.117. The zero-order valence-electron chi connectivity index (χ0n) is 14.2. The summed E-state index contributed by atoms with van der Waals surface area (Å²) in [5, 5.41) is 3.07. The molecular weight excluding hydrogens is 338 g/mol. The lowest BCUT2D eigenvalue weighted by atomic mass is 10.3. The van der Waals surface area contributed by atoms with Crippen LogP contribution in [0, 0.1) is 6.92 Å². The van der Waals surface area contributed by atoms with Crippen LogP contribution in [0.4, 0.5) is 0 Å². The highest BCUT2D eigenvalue weighted by Gasteiger charge is 2.15. The molecular formula is C18H21N3OS2. The first-order chi connectivity index (χ1) is 11.5. The monoisotopic (exact) mass is 359 g/mol. The number of thiazole rings is 1. The van der Waals surface area contributed by atoms with Crippen molar-refractivity contribution in [3.05, 3.63) is 51.2 Å². The van der Waals surface area contributed by atoms with Gasteiger partial charge in [0, 0.05) is 18.5 Å². The van der Waals surface area contributed by atoms with Crippen molar-refractivity contribution in [2.24, 2.45) is 0 Å². The van der Waals surface area contributed by atoms with Crippen molar-refractivity contribution in [3.63, 3.8) is 0 Å². The summed E-state index contributed by atoms with van der Waals surface area (Å²) in [5.41, 5.74) is 2.30. The number of amides is 1. The second-order valence-electron chi connectivity index (χ2n) is 6.02. The van der Waals surface area contributed by atoms with E-state index in [2.05, 4.69) is 34.3 Å². The molecule has 4 nitrogen and oxygen atoms in total. The highest BCUT2D eigenvalue weighted by atomic mass is 32.1. The van der Waals surface area contributed by atoms with Gasteiger partial charge in [0.05, 0.1) is 23.3 Å². The van der Waals surface area contributed by atoms with Crippen LogP contribution >= 0.6 is 22.7 Å². The summed E-state index contributed by atoms with van der Waals surface area (Å²) in [5.74, 6) is 0.117. The molecule has 0 saturated heterocycles. The highest BCUT2D eigenvalue weighted by molar-refractivity contribution is 7.18. The first kappa shape index (κ1) is 17.1. The number of fused-ring (bicyclic) bond motifs is 1. The smallest absolute Gasteiger partial charge is 0.236 e. The minimum atomic E-state index is 0.117. The standard InChI is InChI=1S/C18H21N3OS2/c1-13-8-9-23-16(13)10-20(2)12-18(22)21(3)11-17-19-14-6-4-5-7-15(14)24-17/h4-9H,10-12H2,1-3H3. The fourth-order valence-electron chi connectivity index (χ4n) is 2.50. The molecule has 2 aromatic heterocycles. The lowest BCUT2D eigenvalue weighted by Crippen LogP contribution is -2.36. The Balaban J connectivity index is 1.57. The Hall–Kier alpha value is -1.76. The number of likely N-dealkylation sites (N-methyl/N-ethyl adjacent to an activating group) is 2. The van der Waals surface area contributed by atoms with Crippen LogP contribution < -0.4 is 0 Å². The molecule has 0 atom stereocenters. The Morgan fingerprint density at radius 1 is 1.17 bits per heavy atom. The van der Waals surface area contributed by atoms with E-state index < -0.39 is 0 Å². The fraction of sp³-hybridized carbons (Fsp3) is 0.333. The number of para-hydroxylation sites is 1. The zero-order chi connectivity index (χ0) is 17.1. The molecule has 1 aromatic carbocycles. The first-order valence-electron chi connectivity index (χ1n) is 7.83. The normalized spacial score (nSPS) is 11.3. The highest BCUT2D eigenvalue weighted by Crippen LogP contribution is 2.22. The SMILES string of the molecule is Cc1ccsc1CN(C)CC(=O)N(C)Cc1nc2ccccc2s1. The number of benzene rings is 1. The van der Waals surface area contributed by atoms with Gasteiger partial charge in [-0.2, -0.15) is 0 Å². The van der Waals surface area contributed by atoms with E-state index in [-0.39, 0.29) is 5.91 Å². The van der Waals surface area contributed by atoms with Crippen molar-refractivity contribution in [2.75, 3.05) is 20.6 Å². The van der Waals surface area contributed by atoms with E-state index in [4.69, 9.17) is 0 Å². The minimum Gasteiger partial charge on any atom is -0.338 e. The van der Waals surface area contributed by atoms with Crippen molar-refractivity contribution in [1.82, 2.24) is 14.8 Å². The zero-order valence-corrected chi connectivity index (χ0v) is 15.8. The molecule has 0 aliphatic carbocycles. The van der Waals surface area contributed by atoms with Gasteiger partial charge in [-0.25, -0.2) is 4.98 Å². The predicted molar refractivity (Wildman–Crippen MR) is 101 cm³/mol. The number of thiophene rings is 1. The third-order valence-electron chi connectivity index (χ3n) is 3.92. The second-order valence-corrected chi connectivity index (χ2v) is 8.14. The van der Waals surface area contributed by atoms with Crippen LogP contribution in [0.25, 0.3) is 10.2 Å². The van der Waals surface area contributed by atoms with Gasteiger partial charge in [0.1, 0.15) is 5.01 Å². The van der Waals surface area contributed by atoms with E-state index in [9.17, 15) is 4.79 Å². The van der Waals surface area contributed by atoms with E-state index in [0.717, 1.165) is 17.1 Å². The molecule has 0 unspecified atom stereocenters. The Kier molecular flexibility index (Phi) is 5.28. The molecule has 2 heterocycles. The molecule has 1 amide bonds. The van der Waals surface area contributed by atoms with Gasteiger partial charge in [0.25, 0.3) is 0 Å².